The number of rotatable bonds is 25. The minimum atomic E-state index is -0.933. The van der Waals surface area contributed by atoms with Gasteiger partial charge in [-0.1, -0.05) is 47.5 Å². The van der Waals surface area contributed by atoms with Crippen molar-refractivity contribution in [3.63, 3.8) is 0 Å². The number of fused-ring (bicyclic) bond motifs is 3. The summed E-state index contributed by atoms with van der Waals surface area (Å²) < 4.78 is 31.2. The van der Waals surface area contributed by atoms with Crippen molar-refractivity contribution in [1.82, 2.24) is 44.9 Å². The van der Waals surface area contributed by atoms with Crippen molar-refractivity contribution in [2.24, 2.45) is 5.73 Å². The zero-order valence-electron chi connectivity index (χ0n) is 49.2. The molecule has 1 aliphatic rings. The number of anilines is 6. The van der Waals surface area contributed by atoms with Crippen molar-refractivity contribution in [2.75, 3.05) is 81.1 Å². The summed E-state index contributed by atoms with van der Waals surface area (Å²) in [7, 11) is 7.79. The molecule has 1 amide bonds. The van der Waals surface area contributed by atoms with E-state index in [1.165, 1.54) is 20.0 Å². The molecule has 0 spiro atoms. The highest BCUT2D eigenvalue weighted by molar-refractivity contribution is 5.91. The van der Waals surface area contributed by atoms with E-state index in [4.69, 9.17) is 39.9 Å². The molecule has 0 saturated carbocycles. The van der Waals surface area contributed by atoms with Crippen LogP contribution in [0.5, 0.6) is 23.0 Å². The number of primary amides is 1. The van der Waals surface area contributed by atoms with Crippen LogP contribution in [0.2, 0.25) is 0 Å². The molecule has 0 bridgehead atoms. The number of hydrogen-bond donors (Lipinski definition) is 8. The second-order valence-corrected chi connectivity index (χ2v) is 18.9. The maximum atomic E-state index is 12.2. The Morgan fingerprint density at radius 1 is 0.570 bits per heavy atom. The highest BCUT2D eigenvalue weighted by Crippen LogP contribution is 2.29. The van der Waals surface area contributed by atoms with Crippen LogP contribution in [-0.4, -0.2) is 135 Å². The molecule has 0 unspecified atom stereocenters. The number of amides is 1. The third-order valence-corrected chi connectivity index (χ3v) is 12.9. The quantitative estimate of drug-likeness (QED) is 0.0248. The number of nitrogens with two attached hydrogens (primary N) is 2. The van der Waals surface area contributed by atoms with Gasteiger partial charge in [-0.2, -0.15) is 15.0 Å². The number of methoxy groups -OCH3 is 5. The van der Waals surface area contributed by atoms with Crippen molar-refractivity contribution in [1.29, 1.82) is 0 Å². The summed E-state index contributed by atoms with van der Waals surface area (Å²) in [5.41, 5.74) is 16.4. The molecule has 3 atom stereocenters. The zero-order chi connectivity index (χ0) is 61.1. The highest BCUT2D eigenvalue weighted by atomic mass is 16.5. The van der Waals surface area contributed by atoms with Crippen LogP contribution in [0.15, 0.2) is 91.4 Å². The van der Waals surface area contributed by atoms with Gasteiger partial charge in [0.1, 0.15) is 57.7 Å². The van der Waals surface area contributed by atoms with Crippen molar-refractivity contribution < 1.29 is 47.9 Å². The molecule has 460 valence electrons. The molecule has 26 heteroatoms. The standard InChI is InChI=1S/C22H27N5O4.C21H25N5O4.C12H16N6O.C4H8O.CH4/c1-5-7-17(21(28)31-4)25-20-19-16(8-6-11-23-19)26-22(27-20)24-13-14-9-10-15(29-2)12-18(14)30-3;1-4-6-16(20(27)28)24-19-18-15(7-5-10-22-18)25-21(26-19)23-12-13-8-9-14(29-2)11-17(13)30-3;1-2-4-8(10(13)19)16-11-9-7(5-3-6-15-9)17-12(14)18-11;1-2-4-5-3-1;/h6,8-12,17H,5,7,13H2,1-4H3,(H2,24,25,26,27);5,7-11,16H,4,6,12H2,1-3H3,(H,27,28)(H2,23,24,25,26);3,5-6,8H,2,4H2,1H3,(H2,13,19)(H3,14,16,17,18);1-4H2;1H4/t17-;16-;8-;;/m000../s1. The van der Waals surface area contributed by atoms with Gasteiger partial charge in [0.15, 0.2) is 17.5 Å². The predicted molar refractivity (Wildman–Crippen MR) is 333 cm³/mol. The predicted octanol–water partition coefficient (Wildman–Crippen LogP) is 8.83. The summed E-state index contributed by atoms with van der Waals surface area (Å²) in [6, 6.07) is 20.1. The fourth-order valence-electron chi connectivity index (χ4n) is 8.53. The first-order valence-electron chi connectivity index (χ1n) is 27.8. The Morgan fingerprint density at radius 2 is 0.988 bits per heavy atom. The van der Waals surface area contributed by atoms with E-state index in [9.17, 15) is 19.5 Å². The molecule has 6 aromatic heterocycles. The Kier molecular flexibility index (Phi) is 27.1. The molecule has 1 saturated heterocycles. The van der Waals surface area contributed by atoms with Gasteiger partial charge in [0.25, 0.3) is 0 Å². The van der Waals surface area contributed by atoms with Crippen LogP contribution in [0.3, 0.4) is 0 Å². The number of carboxylic acid groups (broad SMARTS) is 1. The Morgan fingerprint density at radius 3 is 1.38 bits per heavy atom. The van der Waals surface area contributed by atoms with Gasteiger partial charge in [0, 0.05) is 68.2 Å². The largest absolute Gasteiger partial charge is 0.497 e. The monoisotopic (exact) mass is 1180 g/mol. The summed E-state index contributed by atoms with van der Waals surface area (Å²) in [6.45, 7) is 8.76. The molecule has 1 fully saturated rings. The van der Waals surface area contributed by atoms with Crippen molar-refractivity contribution in [2.45, 2.75) is 111 Å². The van der Waals surface area contributed by atoms with E-state index in [0.717, 1.165) is 43.6 Å². The summed E-state index contributed by atoms with van der Waals surface area (Å²) in [5, 5.41) is 25.1. The minimum absolute atomic E-state index is 0. The van der Waals surface area contributed by atoms with Gasteiger partial charge in [-0.3, -0.25) is 19.7 Å². The molecule has 7 heterocycles. The van der Waals surface area contributed by atoms with E-state index in [0.29, 0.717) is 118 Å². The third kappa shape index (κ3) is 19.4. The van der Waals surface area contributed by atoms with Crippen molar-refractivity contribution in [3.8, 4) is 23.0 Å². The van der Waals surface area contributed by atoms with Crippen LogP contribution >= 0.6 is 0 Å². The Bertz CT molecular complexity index is 3440. The lowest BCUT2D eigenvalue weighted by Crippen LogP contribution is -2.35. The maximum absolute atomic E-state index is 12.2. The van der Waals surface area contributed by atoms with Crippen molar-refractivity contribution in [3.05, 3.63) is 103 Å². The van der Waals surface area contributed by atoms with Gasteiger partial charge >= 0.3 is 11.9 Å². The topological polar surface area (TPSA) is 355 Å². The molecule has 2 aromatic carbocycles. The fraction of sp³-hybridized carbons (Fsp3) is 0.400. The molecule has 10 N–H and O–H groups in total. The van der Waals surface area contributed by atoms with E-state index in [1.807, 2.05) is 63.2 Å². The lowest BCUT2D eigenvalue weighted by molar-refractivity contribution is -0.141. The van der Waals surface area contributed by atoms with E-state index < -0.39 is 30.0 Å². The summed E-state index contributed by atoms with van der Waals surface area (Å²) in [6.07, 6.45) is 11.5. The fourth-order valence-corrected chi connectivity index (χ4v) is 8.53. The first-order chi connectivity index (χ1) is 41.3. The molecule has 8 aromatic rings. The lowest BCUT2D eigenvalue weighted by Gasteiger charge is -2.18. The summed E-state index contributed by atoms with van der Waals surface area (Å²) in [4.78, 5) is 74.3. The average Bonchev–Trinajstić information content (AvgIpc) is 2.39. The van der Waals surface area contributed by atoms with E-state index >= 15 is 0 Å². The number of carboxylic acids is 1. The molecular weight excluding hydrogens is 1100 g/mol. The number of aliphatic carboxylic acids is 1. The molecular formula is C60H80N16O10. The number of hydrogen-bond acceptors (Lipinski definition) is 24. The van der Waals surface area contributed by atoms with Crippen LogP contribution in [0, 0.1) is 0 Å². The first-order valence-corrected chi connectivity index (χ1v) is 27.8. The average molecular weight is 1190 g/mol. The van der Waals surface area contributed by atoms with E-state index in [-0.39, 0.29) is 19.3 Å². The Balaban J connectivity index is 0.000000230. The number of nitrogen functional groups attached to an aromatic ring is 1. The summed E-state index contributed by atoms with van der Waals surface area (Å²) in [5.74, 6) is 3.25. The number of nitrogens with one attached hydrogen (secondary N) is 5. The number of aromatic nitrogens is 9. The smallest absolute Gasteiger partial charge is 0.328 e. The number of carbonyl (C=O) groups is 3. The van der Waals surface area contributed by atoms with Crippen LogP contribution < -0.4 is 57.0 Å². The molecule has 1 aliphatic heterocycles. The van der Waals surface area contributed by atoms with Crippen LogP contribution in [0.25, 0.3) is 33.1 Å². The van der Waals surface area contributed by atoms with Gasteiger partial charge < -0.3 is 71.6 Å². The van der Waals surface area contributed by atoms with Gasteiger partial charge in [-0.25, -0.2) is 24.5 Å². The van der Waals surface area contributed by atoms with Gasteiger partial charge in [0.05, 0.1) is 52.1 Å². The Labute approximate surface area is 500 Å². The van der Waals surface area contributed by atoms with Crippen LogP contribution in [0.1, 0.15) is 90.7 Å². The zero-order valence-corrected chi connectivity index (χ0v) is 49.2. The number of esters is 1. The second-order valence-electron chi connectivity index (χ2n) is 18.9. The lowest BCUT2D eigenvalue weighted by atomic mass is 10.1. The molecule has 0 radical (unpaired) electrons. The highest BCUT2D eigenvalue weighted by Gasteiger charge is 2.23. The third-order valence-electron chi connectivity index (χ3n) is 12.9. The second kappa shape index (κ2) is 34.8. The number of benzene rings is 2. The molecule has 86 heavy (non-hydrogen) atoms. The first kappa shape index (κ1) is 67.1. The van der Waals surface area contributed by atoms with Crippen LogP contribution in [-0.2, 0) is 36.9 Å². The minimum Gasteiger partial charge on any atom is -0.497 e. The van der Waals surface area contributed by atoms with Crippen molar-refractivity contribution >= 4 is 86.2 Å². The number of nitrogens with zero attached hydrogens (tertiary/aromatic N) is 9. The molecule has 26 nitrogen and oxygen atoms in total. The normalized spacial score (nSPS) is 12.4. The van der Waals surface area contributed by atoms with Gasteiger partial charge in [-0.05, 0) is 92.8 Å². The summed E-state index contributed by atoms with van der Waals surface area (Å²) >= 11 is 0. The number of ether oxygens (including phenoxy) is 6. The molecule has 9 rings (SSSR count). The van der Waals surface area contributed by atoms with Gasteiger partial charge in [-0.15, -0.1) is 0 Å². The SMILES string of the molecule is C.C1CCOC1.CCC[C@H](Nc1nc(N)nc2cccnc12)C(N)=O.CCC[C@H](Nc1nc(NCc2ccc(OC)cc2OC)nc2cccnc12)C(=O)O.CCC[C@H](Nc1nc(NCc2ccc(OC)cc2OC)nc2cccnc12)C(=O)OC. The van der Waals surface area contributed by atoms with E-state index in [2.05, 4.69) is 71.4 Å². The van der Waals surface area contributed by atoms with E-state index in [1.54, 1.807) is 77.4 Å². The number of pyridine rings is 3. The van der Waals surface area contributed by atoms with Crippen LogP contribution in [0.4, 0.5) is 35.3 Å². The van der Waals surface area contributed by atoms with Gasteiger partial charge in [0.2, 0.25) is 23.8 Å². The number of carbonyl (C=O) groups excluding carboxylic acids is 2. The Hall–Kier alpha value is -9.72. The molecule has 0 aliphatic carbocycles. The maximum Gasteiger partial charge on any atom is 0.328 e.